The van der Waals surface area contributed by atoms with Crippen LogP contribution in [0.3, 0.4) is 0 Å². The molecule has 0 radical (unpaired) electrons. The molecule has 0 saturated carbocycles. The molecule has 4 aliphatic rings. The minimum absolute atomic E-state index is 0.0984. The number of furan rings is 2. The highest BCUT2D eigenvalue weighted by molar-refractivity contribution is 6.21. The molecule has 0 spiro atoms. The van der Waals surface area contributed by atoms with Gasteiger partial charge in [-0.05, 0) is 185 Å². The van der Waals surface area contributed by atoms with Gasteiger partial charge in [-0.3, -0.25) is 0 Å². The lowest BCUT2D eigenvalue weighted by Gasteiger charge is -2.35. The first-order valence-corrected chi connectivity index (χ1v) is 41.9. The van der Waals surface area contributed by atoms with Crippen LogP contribution in [0, 0.1) is 0 Å². The summed E-state index contributed by atoms with van der Waals surface area (Å²) in [6.07, 6.45) is 39.0. The van der Waals surface area contributed by atoms with Gasteiger partial charge in [-0.25, -0.2) is 0 Å². The number of rotatable bonds is 33. The lowest BCUT2D eigenvalue weighted by Crippen LogP contribution is -2.27. The monoisotopic (exact) mass is 1380 g/mol. The van der Waals surface area contributed by atoms with Gasteiger partial charge in [-0.2, -0.15) is 0 Å². The Kier molecular flexibility index (Phi) is 20.3. The first-order valence-electron chi connectivity index (χ1n) is 41.9. The van der Waals surface area contributed by atoms with Gasteiger partial charge in [0.05, 0.1) is 0 Å². The molecule has 0 N–H and O–H groups in total. The first kappa shape index (κ1) is 70.8. The van der Waals surface area contributed by atoms with E-state index in [1.165, 1.54) is 289 Å². The van der Waals surface area contributed by atoms with Crippen molar-refractivity contribution in [3.63, 3.8) is 0 Å². The zero-order chi connectivity index (χ0) is 71.9. The van der Waals surface area contributed by atoms with Crippen molar-refractivity contribution in [2.75, 3.05) is 0 Å². The molecule has 2 heteroatoms. The maximum absolute atomic E-state index is 7.22. The van der Waals surface area contributed by atoms with Gasteiger partial charge in [0.1, 0.15) is 22.3 Å². The summed E-state index contributed by atoms with van der Waals surface area (Å²) in [5, 5.41) is 5.05. The highest BCUT2D eigenvalue weighted by atomic mass is 16.3. The highest BCUT2D eigenvalue weighted by Crippen LogP contribution is 2.66. The van der Waals surface area contributed by atoms with E-state index in [4.69, 9.17) is 8.83 Å². The summed E-state index contributed by atoms with van der Waals surface area (Å²) < 4.78 is 14.2. The SMILES string of the molecule is CCCCCCCCC1(CCCCCCCC)c2cc(/C(=C\c3ccccc3-c3ccccc3)Cc3ccc4c(c3)C(C)(C)c3c5c(c6c(oc7ccccc76)c3-4)-c3ccccc3C5(C)C)ccc2-c2cc3c(cc21)-c1c(ccc2oc4ccccc4c12)C3(CCCCCCCC)CCCCCCCC. The maximum atomic E-state index is 7.22. The Bertz CT molecular complexity index is 5150. The summed E-state index contributed by atoms with van der Waals surface area (Å²) in [6.45, 7) is 19.4. The molecule has 0 atom stereocenters. The lowest BCUT2D eigenvalue weighted by molar-refractivity contribution is 0.394. The van der Waals surface area contributed by atoms with E-state index in [0.717, 1.165) is 41.6 Å². The fourth-order valence-corrected chi connectivity index (χ4v) is 21.0. The van der Waals surface area contributed by atoms with Crippen LogP contribution in [0.1, 0.15) is 296 Å². The molecule has 0 bridgehead atoms. The third-order valence-electron chi connectivity index (χ3n) is 26.3. The Balaban J connectivity index is 0.890. The van der Waals surface area contributed by atoms with Gasteiger partial charge < -0.3 is 8.83 Å². The molecular formula is C103H114O2. The van der Waals surface area contributed by atoms with Gasteiger partial charge in [0, 0.05) is 48.8 Å². The predicted molar refractivity (Wildman–Crippen MR) is 450 cm³/mol. The van der Waals surface area contributed by atoms with Crippen molar-refractivity contribution in [1.29, 1.82) is 0 Å². The standard InChI is InChI=1S/C103H114O2/c1-9-13-17-21-25-40-60-102(61-41-26-22-18-14-10-2)84-58-59-91-93(79-49-35-38-52-89(79)104-91)92(84)82-69-87-81(68-88(82)102)76-57-55-72(67-86(76)103(87,62-42-27-23-19-15-11-3)63-43-28-24-20-16-12-4)74(66-73-46-32-33-47-75(73)71-44-30-29-31-45-71)64-70-54-56-78-85(65-70)101(7,8)98-96(78)99-95(80-50-36-39-53-90(80)105-99)94-77-48-34-37-51-83(77)100(5,6)97(94)98/h29-39,44-59,65-69H,9-28,40-43,60-64H2,1-8H3/b74-66-. The minimum atomic E-state index is -0.314. The molecule has 105 heavy (non-hydrogen) atoms. The number of benzene rings is 10. The topological polar surface area (TPSA) is 26.3 Å². The van der Waals surface area contributed by atoms with Crippen LogP contribution in [-0.4, -0.2) is 0 Å². The Morgan fingerprint density at radius 3 is 1.46 bits per heavy atom. The minimum Gasteiger partial charge on any atom is -0.456 e. The van der Waals surface area contributed by atoms with Gasteiger partial charge in [0.2, 0.25) is 0 Å². The van der Waals surface area contributed by atoms with E-state index in [-0.39, 0.29) is 21.7 Å². The molecule has 0 amide bonds. The largest absolute Gasteiger partial charge is 0.456 e. The summed E-state index contributed by atoms with van der Waals surface area (Å²) >= 11 is 0. The third kappa shape index (κ3) is 12.5. The van der Waals surface area contributed by atoms with Crippen molar-refractivity contribution >= 4 is 55.5 Å². The third-order valence-corrected chi connectivity index (χ3v) is 26.3. The molecule has 0 aliphatic heterocycles. The van der Waals surface area contributed by atoms with Crippen LogP contribution >= 0.6 is 0 Å². The smallest absolute Gasteiger partial charge is 0.144 e. The average molecular weight is 1380 g/mol. The number of allylic oxidation sites excluding steroid dienone is 1. The number of hydrogen-bond donors (Lipinski definition) is 0. The lowest BCUT2D eigenvalue weighted by atomic mass is 9.68. The molecule has 538 valence electrons. The van der Waals surface area contributed by atoms with Crippen molar-refractivity contribution in [3.05, 3.63) is 249 Å². The van der Waals surface area contributed by atoms with Gasteiger partial charge in [0.25, 0.3) is 0 Å². The zero-order valence-corrected chi connectivity index (χ0v) is 64.8. The van der Waals surface area contributed by atoms with Crippen LogP contribution in [0.2, 0.25) is 0 Å². The quantitative estimate of drug-likeness (QED) is 0.0303. The van der Waals surface area contributed by atoms with Crippen molar-refractivity contribution in [1.82, 2.24) is 0 Å². The molecule has 2 heterocycles. The number of fused-ring (bicyclic) bond motifs is 22. The molecule has 0 unspecified atom stereocenters. The normalized spacial score (nSPS) is 15.2. The van der Waals surface area contributed by atoms with Gasteiger partial charge in [-0.15, -0.1) is 0 Å². The summed E-state index contributed by atoms with van der Waals surface area (Å²) in [7, 11) is 0. The van der Waals surface area contributed by atoms with Crippen molar-refractivity contribution < 1.29 is 8.83 Å². The molecule has 2 nitrogen and oxygen atoms in total. The number of hydrogen-bond acceptors (Lipinski definition) is 2. The van der Waals surface area contributed by atoms with Gasteiger partial charge >= 0.3 is 0 Å². The first-order chi connectivity index (χ1) is 51.4. The number of unbranched alkanes of at least 4 members (excludes halogenated alkanes) is 20. The van der Waals surface area contributed by atoms with E-state index >= 15 is 0 Å². The molecule has 2 aromatic heterocycles. The van der Waals surface area contributed by atoms with Crippen LogP contribution in [0.15, 0.2) is 197 Å². The van der Waals surface area contributed by atoms with Crippen LogP contribution in [0.4, 0.5) is 0 Å². The molecule has 16 rings (SSSR count). The zero-order valence-electron chi connectivity index (χ0n) is 64.8. The van der Waals surface area contributed by atoms with Crippen LogP contribution in [0.25, 0.3) is 111 Å². The van der Waals surface area contributed by atoms with E-state index in [9.17, 15) is 0 Å². The van der Waals surface area contributed by atoms with Crippen LogP contribution in [-0.2, 0) is 28.1 Å². The fourth-order valence-electron chi connectivity index (χ4n) is 21.0. The van der Waals surface area contributed by atoms with E-state index in [0.29, 0.717) is 0 Å². The summed E-state index contributed by atoms with van der Waals surface area (Å²) in [6, 6.07) is 73.5. The Morgan fingerprint density at radius 1 is 0.324 bits per heavy atom. The molecular weight excluding hydrogens is 1270 g/mol. The van der Waals surface area contributed by atoms with Crippen molar-refractivity contribution in [3.8, 4) is 55.6 Å². The Morgan fingerprint density at radius 2 is 0.810 bits per heavy atom. The van der Waals surface area contributed by atoms with E-state index < -0.39 is 0 Å². The maximum Gasteiger partial charge on any atom is 0.144 e. The second kappa shape index (κ2) is 30.1. The average Bonchev–Trinajstić information content (AvgIpc) is 1.47. The van der Waals surface area contributed by atoms with Gasteiger partial charge in [-0.1, -0.05) is 367 Å². The van der Waals surface area contributed by atoms with Gasteiger partial charge in [0.15, 0.2) is 0 Å². The van der Waals surface area contributed by atoms with E-state index in [1.54, 1.807) is 22.3 Å². The molecule has 10 aromatic carbocycles. The molecule has 0 saturated heterocycles. The summed E-state index contributed by atoms with van der Waals surface area (Å²) in [4.78, 5) is 0. The Hall–Kier alpha value is -8.46. The Labute approximate surface area is 628 Å². The predicted octanol–water partition coefficient (Wildman–Crippen LogP) is 31.1. The van der Waals surface area contributed by atoms with E-state index in [1.807, 2.05) is 0 Å². The van der Waals surface area contributed by atoms with E-state index in [2.05, 4.69) is 250 Å². The number of para-hydroxylation sites is 2. The second-order valence-corrected chi connectivity index (χ2v) is 33.7. The van der Waals surface area contributed by atoms with Crippen molar-refractivity contribution in [2.24, 2.45) is 0 Å². The highest BCUT2D eigenvalue weighted by Gasteiger charge is 2.51. The summed E-state index contributed by atoms with van der Waals surface area (Å²) in [5.41, 5.74) is 34.3. The molecule has 0 fully saturated rings. The molecule has 4 aliphatic carbocycles. The molecule has 12 aromatic rings. The van der Waals surface area contributed by atoms with Crippen molar-refractivity contribution in [2.45, 2.75) is 263 Å². The van der Waals surface area contributed by atoms with Crippen LogP contribution in [0.5, 0.6) is 0 Å². The summed E-state index contributed by atoms with van der Waals surface area (Å²) in [5.74, 6) is 0. The second-order valence-electron chi connectivity index (χ2n) is 33.7. The fraction of sp³-hybridized carbons (Fsp3) is 0.398. The van der Waals surface area contributed by atoms with Crippen LogP contribution < -0.4 is 0 Å².